The second kappa shape index (κ2) is 7.71. The third-order valence-electron chi connectivity index (χ3n) is 5.56. The van der Waals surface area contributed by atoms with Crippen LogP contribution in [0.2, 0.25) is 0 Å². The van der Waals surface area contributed by atoms with Crippen molar-refractivity contribution in [2.45, 2.75) is 58.1 Å². The van der Waals surface area contributed by atoms with Crippen LogP contribution >= 0.6 is 0 Å². The molecule has 0 aliphatic heterocycles. The van der Waals surface area contributed by atoms with Gasteiger partial charge in [-0.2, -0.15) is 0 Å². The Morgan fingerprint density at radius 3 is 2.50 bits per heavy atom. The average Bonchev–Trinajstić information content (AvgIpc) is 2.55. The Bertz CT molecular complexity index is 594. The van der Waals surface area contributed by atoms with Crippen molar-refractivity contribution in [3.8, 4) is 5.75 Å². The van der Waals surface area contributed by atoms with E-state index in [1.54, 1.807) is 7.11 Å². The lowest BCUT2D eigenvalue weighted by molar-refractivity contribution is 0.150. The Kier molecular flexibility index (Phi) is 6.11. The van der Waals surface area contributed by atoms with E-state index in [1.807, 2.05) is 6.08 Å². The summed E-state index contributed by atoms with van der Waals surface area (Å²) in [5.41, 5.74) is 4.06. The maximum atomic E-state index is 10.1. The molecule has 3 atom stereocenters. The van der Waals surface area contributed by atoms with E-state index in [1.165, 1.54) is 16.7 Å². The van der Waals surface area contributed by atoms with E-state index in [0.29, 0.717) is 5.92 Å². The summed E-state index contributed by atoms with van der Waals surface area (Å²) in [7, 11) is 5.98. The van der Waals surface area contributed by atoms with Crippen LogP contribution in [0.3, 0.4) is 0 Å². The fourth-order valence-electron chi connectivity index (χ4n) is 4.34. The first-order valence-electron chi connectivity index (χ1n) is 9.10. The molecule has 1 aliphatic rings. The van der Waals surface area contributed by atoms with Crippen LogP contribution in [-0.2, 0) is 18.4 Å². The molecule has 1 aromatic rings. The summed E-state index contributed by atoms with van der Waals surface area (Å²) in [6.45, 7) is 7.65. The van der Waals surface area contributed by atoms with Gasteiger partial charge in [0.05, 0.1) is 13.2 Å². The zero-order valence-corrected chi connectivity index (χ0v) is 16.1. The number of hydrogen-bond acceptors (Lipinski definition) is 3. The summed E-state index contributed by atoms with van der Waals surface area (Å²) in [6.07, 6.45) is 6.71. The first kappa shape index (κ1) is 19.0. The molecule has 3 heteroatoms. The zero-order valence-electron chi connectivity index (χ0n) is 16.1. The molecular formula is C21H33NO2. The second-order valence-electron chi connectivity index (χ2n) is 7.33. The van der Waals surface area contributed by atoms with Crippen LogP contribution in [0.15, 0.2) is 24.3 Å². The smallest absolute Gasteiger partial charge is 0.122 e. The Morgan fingerprint density at radius 2 is 2.00 bits per heavy atom. The number of hydrogen-bond donors (Lipinski definition) is 1. The standard InChI is InChI=1S/C21H33NO2/c1-7-18-19(24-6)10-9-16(14-22(4)5)20(18)21(8-2)12-11-17(23)13-15(21)3/h9-12,15,17,23H,7-8,13-14H2,1-6H3/t15-,17-,21+/m0/s1. The molecule has 3 nitrogen and oxygen atoms in total. The summed E-state index contributed by atoms with van der Waals surface area (Å²) in [5.74, 6) is 1.37. The van der Waals surface area contributed by atoms with Crippen molar-refractivity contribution in [1.82, 2.24) is 4.90 Å². The molecule has 0 bridgehead atoms. The van der Waals surface area contributed by atoms with Crippen LogP contribution in [0.25, 0.3) is 0 Å². The summed E-state index contributed by atoms with van der Waals surface area (Å²) in [4.78, 5) is 2.22. The molecule has 1 aliphatic carbocycles. The molecule has 1 N–H and O–H groups in total. The third kappa shape index (κ3) is 3.38. The second-order valence-corrected chi connectivity index (χ2v) is 7.33. The highest BCUT2D eigenvalue weighted by Crippen LogP contribution is 2.47. The number of aliphatic hydroxyl groups excluding tert-OH is 1. The molecule has 0 spiro atoms. The van der Waals surface area contributed by atoms with Crippen molar-refractivity contribution in [1.29, 1.82) is 0 Å². The third-order valence-corrected chi connectivity index (χ3v) is 5.56. The lowest BCUT2D eigenvalue weighted by atomic mass is 9.62. The van der Waals surface area contributed by atoms with Gasteiger partial charge in [-0.25, -0.2) is 0 Å². The van der Waals surface area contributed by atoms with E-state index in [4.69, 9.17) is 4.74 Å². The van der Waals surface area contributed by atoms with Gasteiger partial charge in [0.25, 0.3) is 0 Å². The number of benzene rings is 1. The molecule has 24 heavy (non-hydrogen) atoms. The van der Waals surface area contributed by atoms with Crippen molar-refractivity contribution >= 4 is 0 Å². The fourth-order valence-corrected chi connectivity index (χ4v) is 4.34. The Hall–Kier alpha value is -1.32. The predicted octanol–water partition coefficient (Wildman–Crippen LogP) is 3.92. The number of methoxy groups -OCH3 is 1. The van der Waals surface area contributed by atoms with Gasteiger partial charge in [-0.15, -0.1) is 0 Å². The van der Waals surface area contributed by atoms with Crippen molar-refractivity contribution < 1.29 is 9.84 Å². The van der Waals surface area contributed by atoms with Gasteiger partial charge in [0.15, 0.2) is 0 Å². The van der Waals surface area contributed by atoms with Gasteiger partial charge in [0, 0.05) is 12.0 Å². The van der Waals surface area contributed by atoms with Gasteiger partial charge < -0.3 is 14.7 Å². The van der Waals surface area contributed by atoms with Crippen LogP contribution in [0.5, 0.6) is 5.75 Å². The quantitative estimate of drug-likeness (QED) is 0.802. The largest absolute Gasteiger partial charge is 0.496 e. The van der Waals surface area contributed by atoms with E-state index in [0.717, 1.165) is 31.6 Å². The zero-order chi connectivity index (χ0) is 17.9. The van der Waals surface area contributed by atoms with E-state index in [9.17, 15) is 5.11 Å². The number of nitrogens with zero attached hydrogens (tertiary/aromatic N) is 1. The lowest BCUT2D eigenvalue weighted by Gasteiger charge is -2.43. The Labute approximate surface area is 147 Å². The Balaban J connectivity index is 2.74. The summed E-state index contributed by atoms with van der Waals surface area (Å²) in [6, 6.07) is 4.33. The molecule has 0 radical (unpaired) electrons. The van der Waals surface area contributed by atoms with Crippen molar-refractivity contribution in [2.75, 3.05) is 21.2 Å². The predicted molar refractivity (Wildman–Crippen MR) is 101 cm³/mol. The maximum Gasteiger partial charge on any atom is 0.122 e. The van der Waals surface area contributed by atoms with E-state index in [-0.39, 0.29) is 11.5 Å². The van der Waals surface area contributed by atoms with Crippen LogP contribution < -0.4 is 4.74 Å². The minimum atomic E-state index is -0.326. The van der Waals surface area contributed by atoms with Crippen molar-refractivity contribution in [2.24, 2.45) is 5.92 Å². The van der Waals surface area contributed by atoms with Crippen molar-refractivity contribution in [3.63, 3.8) is 0 Å². The minimum absolute atomic E-state index is 0.0372. The van der Waals surface area contributed by atoms with Gasteiger partial charge in [-0.3, -0.25) is 0 Å². The van der Waals surface area contributed by atoms with Gasteiger partial charge in [0.2, 0.25) is 0 Å². The molecule has 0 aromatic heterocycles. The Morgan fingerprint density at radius 1 is 1.29 bits per heavy atom. The van der Waals surface area contributed by atoms with E-state index < -0.39 is 0 Å². The summed E-state index contributed by atoms with van der Waals surface area (Å²) >= 11 is 0. The van der Waals surface area contributed by atoms with Crippen LogP contribution in [-0.4, -0.2) is 37.3 Å². The first-order valence-corrected chi connectivity index (χ1v) is 9.10. The minimum Gasteiger partial charge on any atom is -0.496 e. The molecule has 0 heterocycles. The van der Waals surface area contributed by atoms with Crippen LogP contribution in [0, 0.1) is 5.92 Å². The molecule has 1 aromatic carbocycles. The number of allylic oxidation sites excluding steroid dienone is 1. The number of ether oxygens (including phenoxy) is 1. The molecular weight excluding hydrogens is 298 g/mol. The molecule has 0 fully saturated rings. The molecule has 0 saturated heterocycles. The maximum absolute atomic E-state index is 10.1. The molecule has 134 valence electrons. The topological polar surface area (TPSA) is 32.7 Å². The van der Waals surface area contributed by atoms with Gasteiger partial charge >= 0.3 is 0 Å². The highest BCUT2D eigenvalue weighted by Gasteiger charge is 2.40. The van der Waals surface area contributed by atoms with E-state index in [2.05, 4.69) is 58.0 Å². The summed E-state index contributed by atoms with van der Waals surface area (Å²) < 4.78 is 5.69. The molecule has 2 rings (SSSR count). The summed E-state index contributed by atoms with van der Waals surface area (Å²) in [5, 5.41) is 10.1. The van der Waals surface area contributed by atoms with Gasteiger partial charge in [-0.1, -0.05) is 39.0 Å². The highest BCUT2D eigenvalue weighted by atomic mass is 16.5. The number of rotatable bonds is 6. The fraction of sp³-hybridized carbons (Fsp3) is 0.619. The molecule has 0 amide bonds. The number of aliphatic hydroxyl groups is 1. The van der Waals surface area contributed by atoms with Gasteiger partial charge in [0.1, 0.15) is 5.75 Å². The molecule has 0 unspecified atom stereocenters. The first-order chi connectivity index (χ1) is 11.4. The monoisotopic (exact) mass is 331 g/mol. The highest BCUT2D eigenvalue weighted by molar-refractivity contribution is 5.52. The van der Waals surface area contributed by atoms with Crippen LogP contribution in [0.4, 0.5) is 0 Å². The molecule has 0 saturated carbocycles. The average molecular weight is 332 g/mol. The van der Waals surface area contributed by atoms with E-state index >= 15 is 0 Å². The van der Waals surface area contributed by atoms with Gasteiger partial charge in [-0.05, 0) is 62.0 Å². The normalized spacial score (nSPS) is 26.8. The van der Waals surface area contributed by atoms with Crippen LogP contribution in [0.1, 0.15) is 50.3 Å². The SMILES string of the molecule is CCc1c(OC)ccc(CN(C)C)c1[C@]1(CC)C=C[C@H](O)C[C@@H]1C. The lowest BCUT2D eigenvalue weighted by Crippen LogP contribution is -2.39. The van der Waals surface area contributed by atoms with Crippen molar-refractivity contribution in [3.05, 3.63) is 41.0 Å².